The average Bonchev–Trinajstić information content (AvgIpc) is 2.38. The molecule has 0 radical (unpaired) electrons. The zero-order chi connectivity index (χ0) is 15.3. The highest BCUT2D eigenvalue weighted by Crippen LogP contribution is 2.20. The Kier molecular flexibility index (Phi) is 5.43. The first-order valence-corrected chi connectivity index (χ1v) is 6.89. The van der Waals surface area contributed by atoms with E-state index in [2.05, 4.69) is 9.47 Å². The molecule has 9 heteroatoms. The van der Waals surface area contributed by atoms with E-state index in [4.69, 9.17) is 5.11 Å². The third-order valence-electron chi connectivity index (χ3n) is 2.45. The fourth-order valence-electron chi connectivity index (χ4n) is 1.35. The average molecular weight is 307 g/mol. The van der Waals surface area contributed by atoms with Crippen LogP contribution in [0, 0.1) is 5.82 Å². The summed E-state index contributed by atoms with van der Waals surface area (Å²) in [5, 5.41) is 8.72. The predicted molar refractivity (Wildman–Crippen MR) is 66.6 cm³/mol. The number of benzene rings is 1. The highest BCUT2D eigenvalue weighted by molar-refractivity contribution is 7.89. The van der Waals surface area contributed by atoms with Crippen molar-refractivity contribution in [1.82, 2.24) is 4.72 Å². The van der Waals surface area contributed by atoms with Crippen molar-refractivity contribution in [2.75, 3.05) is 20.8 Å². The van der Waals surface area contributed by atoms with Gasteiger partial charge in [0.2, 0.25) is 10.0 Å². The number of hydrogen-bond acceptors (Lipinski definition) is 5. The molecule has 0 aromatic heterocycles. The maximum absolute atomic E-state index is 13.4. The van der Waals surface area contributed by atoms with Gasteiger partial charge in [-0.3, -0.25) is 0 Å². The molecule has 0 fully saturated rings. The lowest BCUT2D eigenvalue weighted by Crippen LogP contribution is -2.37. The molecule has 0 aliphatic carbocycles. The van der Waals surface area contributed by atoms with Crippen LogP contribution in [0.15, 0.2) is 23.1 Å². The van der Waals surface area contributed by atoms with E-state index in [1.807, 2.05) is 4.72 Å². The second kappa shape index (κ2) is 6.64. The van der Waals surface area contributed by atoms with Crippen molar-refractivity contribution in [3.63, 3.8) is 0 Å². The number of sulfonamides is 1. The molecule has 0 bridgehead atoms. The number of carboxylic acids is 1. The Morgan fingerprint density at radius 1 is 1.45 bits per heavy atom. The van der Waals surface area contributed by atoms with E-state index < -0.39 is 34.5 Å². The number of carbonyl (C=O) groups is 1. The maximum atomic E-state index is 13.4. The fraction of sp³-hybridized carbons (Fsp3) is 0.364. The zero-order valence-electron chi connectivity index (χ0n) is 10.8. The van der Waals surface area contributed by atoms with Gasteiger partial charge in [0.25, 0.3) is 0 Å². The van der Waals surface area contributed by atoms with Crippen molar-refractivity contribution in [3.8, 4) is 5.75 Å². The van der Waals surface area contributed by atoms with Gasteiger partial charge in [0.1, 0.15) is 0 Å². The highest BCUT2D eigenvalue weighted by Gasteiger charge is 2.22. The number of halogens is 1. The highest BCUT2D eigenvalue weighted by atomic mass is 32.2. The van der Waals surface area contributed by atoms with Gasteiger partial charge in [-0.25, -0.2) is 22.3 Å². The molecule has 1 unspecified atom stereocenters. The maximum Gasteiger partial charge on any atom is 0.334 e. The van der Waals surface area contributed by atoms with Crippen LogP contribution < -0.4 is 9.46 Å². The summed E-state index contributed by atoms with van der Waals surface area (Å²) >= 11 is 0. The standard InChI is InChI=1S/C11H14FNO6S/c1-18-9-4-3-7(5-8(9)12)20(16,17)13-6-10(19-2)11(14)15/h3-5,10,13H,6H2,1-2H3,(H,14,15). The number of ether oxygens (including phenoxy) is 2. The van der Waals surface area contributed by atoms with Crippen LogP contribution in [0.25, 0.3) is 0 Å². The smallest absolute Gasteiger partial charge is 0.334 e. The molecule has 2 N–H and O–H groups in total. The molecule has 7 nitrogen and oxygen atoms in total. The molecule has 112 valence electrons. The molecule has 0 aliphatic heterocycles. The zero-order valence-corrected chi connectivity index (χ0v) is 11.6. The Morgan fingerprint density at radius 2 is 2.10 bits per heavy atom. The van der Waals surface area contributed by atoms with E-state index in [-0.39, 0.29) is 10.6 Å². The summed E-state index contributed by atoms with van der Waals surface area (Å²) in [7, 11) is -1.65. The van der Waals surface area contributed by atoms with Crippen LogP contribution in [0.3, 0.4) is 0 Å². The molecule has 0 saturated heterocycles. The summed E-state index contributed by atoms with van der Waals surface area (Å²) in [6.07, 6.45) is -1.33. The Morgan fingerprint density at radius 3 is 2.55 bits per heavy atom. The first-order chi connectivity index (χ1) is 9.31. The first kappa shape index (κ1) is 16.3. The lowest BCUT2D eigenvalue weighted by Gasteiger charge is -2.12. The van der Waals surface area contributed by atoms with Crippen LogP contribution in [0.4, 0.5) is 4.39 Å². The van der Waals surface area contributed by atoms with Crippen molar-refractivity contribution in [1.29, 1.82) is 0 Å². The van der Waals surface area contributed by atoms with Crippen molar-refractivity contribution in [2.24, 2.45) is 0 Å². The van der Waals surface area contributed by atoms with E-state index in [0.717, 1.165) is 25.3 Å². The summed E-state index contributed by atoms with van der Waals surface area (Å²) < 4.78 is 48.4. The van der Waals surface area contributed by atoms with Gasteiger partial charge >= 0.3 is 5.97 Å². The van der Waals surface area contributed by atoms with Crippen LogP contribution in [-0.2, 0) is 19.6 Å². The summed E-state index contributed by atoms with van der Waals surface area (Å²) in [5.41, 5.74) is 0. The van der Waals surface area contributed by atoms with Crippen LogP contribution in [0.2, 0.25) is 0 Å². The Hall–Kier alpha value is -1.71. The van der Waals surface area contributed by atoms with Crippen LogP contribution in [-0.4, -0.2) is 46.4 Å². The third kappa shape index (κ3) is 3.89. The molecule has 0 spiro atoms. The predicted octanol–water partition coefficient (Wildman–Crippen LogP) is 0.212. The number of hydrogen-bond donors (Lipinski definition) is 2. The van der Waals surface area contributed by atoms with Gasteiger partial charge in [0.05, 0.1) is 12.0 Å². The topological polar surface area (TPSA) is 102 Å². The summed E-state index contributed by atoms with van der Waals surface area (Å²) in [6.45, 7) is -0.470. The minimum Gasteiger partial charge on any atom is -0.494 e. The van der Waals surface area contributed by atoms with Gasteiger partial charge in [0.15, 0.2) is 17.7 Å². The van der Waals surface area contributed by atoms with E-state index in [9.17, 15) is 17.6 Å². The van der Waals surface area contributed by atoms with Crippen LogP contribution in [0.5, 0.6) is 5.75 Å². The molecule has 0 aliphatic rings. The van der Waals surface area contributed by atoms with E-state index >= 15 is 0 Å². The van der Waals surface area contributed by atoms with E-state index in [1.165, 1.54) is 7.11 Å². The van der Waals surface area contributed by atoms with Crippen LogP contribution in [0.1, 0.15) is 0 Å². The molecule has 0 saturated carbocycles. The molecular formula is C11H14FNO6S. The summed E-state index contributed by atoms with van der Waals surface area (Å²) in [5.74, 6) is -2.24. The van der Waals surface area contributed by atoms with Crippen molar-refractivity contribution in [2.45, 2.75) is 11.0 Å². The first-order valence-electron chi connectivity index (χ1n) is 5.40. The van der Waals surface area contributed by atoms with E-state index in [0.29, 0.717) is 0 Å². The lowest BCUT2D eigenvalue weighted by atomic mass is 10.3. The second-order valence-corrected chi connectivity index (χ2v) is 5.48. The number of nitrogens with one attached hydrogen (secondary N) is 1. The fourth-order valence-corrected chi connectivity index (χ4v) is 2.40. The minimum atomic E-state index is -4.04. The number of aliphatic carboxylic acids is 1. The molecule has 1 atom stereocenters. The lowest BCUT2D eigenvalue weighted by molar-refractivity contribution is -0.147. The summed E-state index contributed by atoms with van der Waals surface area (Å²) in [4.78, 5) is 10.3. The normalized spacial score (nSPS) is 12.9. The Balaban J connectivity index is 2.89. The number of rotatable bonds is 7. The Bertz CT molecular complexity index is 589. The molecule has 0 amide bonds. The van der Waals surface area contributed by atoms with Gasteiger partial charge in [-0.15, -0.1) is 0 Å². The van der Waals surface area contributed by atoms with Gasteiger partial charge in [-0.05, 0) is 18.2 Å². The number of methoxy groups -OCH3 is 2. The van der Waals surface area contributed by atoms with Gasteiger partial charge in [0, 0.05) is 13.7 Å². The minimum absolute atomic E-state index is 0.0933. The molecule has 20 heavy (non-hydrogen) atoms. The van der Waals surface area contributed by atoms with Gasteiger partial charge in [-0.1, -0.05) is 0 Å². The van der Waals surface area contributed by atoms with E-state index in [1.54, 1.807) is 0 Å². The largest absolute Gasteiger partial charge is 0.494 e. The molecule has 1 aromatic rings. The summed E-state index contributed by atoms with van der Waals surface area (Å²) in [6, 6.07) is 3.09. The van der Waals surface area contributed by atoms with Crippen LogP contribution >= 0.6 is 0 Å². The number of carboxylic acid groups (broad SMARTS) is 1. The second-order valence-electron chi connectivity index (χ2n) is 3.71. The van der Waals surface area contributed by atoms with Gasteiger partial charge < -0.3 is 14.6 Å². The Labute approximate surface area is 115 Å². The molecule has 0 heterocycles. The quantitative estimate of drug-likeness (QED) is 0.747. The van der Waals surface area contributed by atoms with Crippen molar-refractivity contribution in [3.05, 3.63) is 24.0 Å². The molecule has 1 aromatic carbocycles. The SMILES string of the molecule is COc1ccc(S(=O)(=O)NCC(OC)C(=O)O)cc1F. The van der Waals surface area contributed by atoms with Crippen molar-refractivity contribution < 1.29 is 32.2 Å². The van der Waals surface area contributed by atoms with Gasteiger partial charge in [-0.2, -0.15) is 0 Å². The molecular weight excluding hydrogens is 293 g/mol. The van der Waals surface area contributed by atoms with Crippen molar-refractivity contribution >= 4 is 16.0 Å². The molecule has 1 rings (SSSR count). The third-order valence-corrected chi connectivity index (χ3v) is 3.87. The monoisotopic (exact) mass is 307 g/mol.